The van der Waals surface area contributed by atoms with Gasteiger partial charge in [-0.3, -0.25) is 10.1 Å². The lowest BCUT2D eigenvalue weighted by molar-refractivity contribution is 0.173. The van der Waals surface area contributed by atoms with Gasteiger partial charge in [0.2, 0.25) is 0 Å². The van der Waals surface area contributed by atoms with Crippen LogP contribution < -0.4 is 4.72 Å². The number of amidine groups is 1. The lowest BCUT2D eigenvalue weighted by Gasteiger charge is -2.23. The molecule has 0 aromatic heterocycles. The van der Waals surface area contributed by atoms with Crippen LogP contribution in [0, 0.1) is 5.41 Å². The van der Waals surface area contributed by atoms with Gasteiger partial charge in [0.15, 0.2) is 0 Å². The maximum atomic E-state index is 11.7. The van der Waals surface area contributed by atoms with Crippen molar-refractivity contribution >= 4 is 30.0 Å². The Hall–Kier alpha value is -1.44. The van der Waals surface area contributed by atoms with Crippen molar-refractivity contribution in [1.82, 2.24) is 14.5 Å². The lowest BCUT2D eigenvalue weighted by Crippen LogP contribution is -2.50. The van der Waals surface area contributed by atoms with Crippen LogP contribution in [0.25, 0.3) is 0 Å². The van der Waals surface area contributed by atoms with Gasteiger partial charge in [-0.2, -0.15) is 4.90 Å². The average Bonchev–Trinajstić information content (AvgIpc) is 2.26. The molecule has 8 heteroatoms. The van der Waals surface area contributed by atoms with E-state index in [0.29, 0.717) is 11.3 Å². The monoisotopic (exact) mass is 262 g/mol. The molecule has 0 heterocycles. The van der Waals surface area contributed by atoms with E-state index in [-0.39, 0.29) is 6.61 Å². The van der Waals surface area contributed by atoms with E-state index in [1.54, 1.807) is 6.26 Å². The zero-order valence-corrected chi connectivity index (χ0v) is 11.3. The Balaban J connectivity index is 4.78. The van der Waals surface area contributed by atoms with Gasteiger partial charge in [-0.15, -0.1) is 0 Å². The first kappa shape index (κ1) is 15.6. The van der Waals surface area contributed by atoms with Gasteiger partial charge in [-0.1, -0.05) is 18.9 Å². The summed E-state index contributed by atoms with van der Waals surface area (Å²) in [5.41, 5.74) is 0. The molecule has 0 saturated heterocycles. The van der Waals surface area contributed by atoms with Crippen molar-refractivity contribution in [3.63, 3.8) is 0 Å². The molecule has 0 aliphatic carbocycles. The van der Waals surface area contributed by atoms with E-state index < -0.39 is 18.1 Å². The number of rotatable bonds is 3. The number of urea groups is 2. The van der Waals surface area contributed by atoms with Gasteiger partial charge >= 0.3 is 18.1 Å². The van der Waals surface area contributed by atoms with Crippen LogP contribution in [-0.4, -0.2) is 54.8 Å². The molecule has 2 N–H and O–H groups in total. The highest BCUT2D eigenvalue weighted by Gasteiger charge is 2.28. The summed E-state index contributed by atoms with van der Waals surface area (Å²) >= 11 is 1.04. The van der Waals surface area contributed by atoms with Crippen molar-refractivity contribution in [2.45, 2.75) is 13.3 Å². The fraction of sp³-hybridized carbons (Fsp3) is 0.667. The van der Waals surface area contributed by atoms with Gasteiger partial charge in [0.25, 0.3) is 0 Å². The van der Waals surface area contributed by atoms with Gasteiger partial charge in [-0.25, -0.2) is 9.59 Å². The van der Waals surface area contributed by atoms with Crippen LogP contribution in [0.3, 0.4) is 0 Å². The predicted octanol–water partition coefficient (Wildman–Crippen LogP) is 1.32. The minimum absolute atomic E-state index is 0.280. The number of ether oxygens (including phenoxy) is 1. The third-order valence-corrected chi connectivity index (χ3v) is 1.99. The van der Waals surface area contributed by atoms with Crippen LogP contribution >= 0.6 is 11.9 Å². The maximum Gasteiger partial charge on any atom is 0.343 e. The SMILES string of the molecule is CCCOC(=N)N(C(=O)NSC)C(=O)N(C)C. The zero-order chi connectivity index (χ0) is 13.4. The fourth-order valence-corrected chi connectivity index (χ4v) is 1.13. The van der Waals surface area contributed by atoms with Crippen molar-refractivity contribution in [3.8, 4) is 0 Å². The predicted molar refractivity (Wildman–Crippen MR) is 66.9 cm³/mol. The molecule has 0 aromatic rings. The Morgan fingerprint density at radius 3 is 2.41 bits per heavy atom. The summed E-state index contributed by atoms with van der Waals surface area (Å²) in [6.45, 7) is 2.15. The summed E-state index contributed by atoms with van der Waals surface area (Å²) in [6.07, 6.45) is 2.34. The summed E-state index contributed by atoms with van der Waals surface area (Å²) < 4.78 is 7.36. The summed E-state index contributed by atoms with van der Waals surface area (Å²) in [6, 6.07) is -1.80. The van der Waals surface area contributed by atoms with E-state index in [9.17, 15) is 9.59 Å². The first-order chi connectivity index (χ1) is 7.95. The highest BCUT2D eigenvalue weighted by atomic mass is 32.2. The van der Waals surface area contributed by atoms with E-state index in [2.05, 4.69) is 4.72 Å². The minimum Gasteiger partial charge on any atom is -0.465 e. The molecule has 0 bridgehead atoms. The van der Waals surface area contributed by atoms with Gasteiger partial charge in [0, 0.05) is 20.4 Å². The van der Waals surface area contributed by atoms with Crippen molar-refractivity contribution < 1.29 is 14.3 Å². The summed E-state index contributed by atoms with van der Waals surface area (Å²) in [5, 5.41) is 7.57. The highest BCUT2D eigenvalue weighted by Crippen LogP contribution is 2.01. The molecule has 7 nitrogen and oxygen atoms in total. The number of nitrogens with zero attached hydrogens (tertiary/aromatic N) is 2. The van der Waals surface area contributed by atoms with Gasteiger partial charge < -0.3 is 9.64 Å². The Morgan fingerprint density at radius 1 is 1.41 bits per heavy atom. The molecule has 17 heavy (non-hydrogen) atoms. The largest absolute Gasteiger partial charge is 0.465 e. The second-order valence-corrected chi connectivity index (χ2v) is 3.89. The molecule has 0 aliphatic rings. The first-order valence-corrected chi connectivity index (χ1v) is 6.23. The quantitative estimate of drug-likeness (QED) is 0.456. The number of hydrogen-bond acceptors (Lipinski definition) is 5. The van der Waals surface area contributed by atoms with Crippen LogP contribution in [0.4, 0.5) is 9.59 Å². The number of carbonyl (C=O) groups is 2. The van der Waals surface area contributed by atoms with E-state index in [1.807, 2.05) is 6.92 Å². The standard InChI is InChI=1S/C9H18N4O3S/c1-5-6-16-7(10)13(8(14)11-17-4)9(15)12(2)3/h10H,5-6H2,1-4H3,(H,11,14). The summed E-state index contributed by atoms with van der Waals surface area (Å²) in [5.74, 6) is 0. The smallest absolute Gasteiger partial charge is 0.343 e. The zero-order valence-electron chi connectivity index (χ0n) is 10.4. The molecule has 0 fully saturated rings. The molecule has 0 rings (SSSR count). The molecule has 4 amide bonds. The van der Waals surface area contributed by atoms with Gasteiger partial charge in [0.05, 0.1) is 6.61 Å². The molecular formula is C9H18N4O3S. The van der Waals surface area contributed by atoms with Crippen LogP contribution in [-0.2, 0) is 4.74 Å². The first-order valence-electron chi connectivity index (χ1n) is 5.01. The Kier molecular flexibility index (Phi) is 7.11. The molecule has 0 saturated carbocycles. The topological polar surface area (TPSA) is 85.7 Å². The van der Waals surface area contributed by atoms with Crippen molar-refractivity contribution in [1.29, 1.82) is 5.41 Å². The van der Waals surface area contributed by atoms with E-state index >= 15 is 0 Å². The third-order valence-electron chi connectivity index (χ3n) is 1.61. The lowest BCUT2D eigenvalue weighted by atomic mass is 10.5. The van der Waals surface area contributed by atoms with Gasteiger partial charge in [-0.05, 0) is 6.42 Å². The molecule has 0 aliphatic heterocycles. The van der Waals surface area contributed by atoms with Crippen LogP contribution in [0.1, 0.15) is 13.3 Å². The second kappa shape index (κ2) is 7.77. The number of nitrogens with one attached hydrogen (secondary N) is 2. The van der Waals surface area contributed by atoms with Crippen molar-refractivity contribution in [2.24, 2.45) is 0 Å². The van der Waals surface area contributed by atoms with Crippen LogP contribution in [0.2, 0.25) is 0 Å². The van der Waals surface area contributed by atoms with E-state index in [4.69, 9.17) is 10.1 Å². The van der Waals surface area contributed by atoms with Crippen LogP contribution in [0.5, 0.6) is 0 Å². The Bertz CT molecular complexity index is 296. The highest BCUT2D eigenvalue weighted by molar-refractivity contribution is 7.97. The van der Waals surface area contributed by atoms with Crippen molar-refractivity contribution in [3.05, 3.63) is 0 Å². The summed E-state index contributed by atoms with van der Waals surface area (Å²) in [7, 11) is 2.99. The molecule has 0 unspecified atom stereocenters. The molecule has 0 aromatic carbocycles. The number of hydrogen-bond donors (Lipinski definition) is 2. The molecule has 98 valence electrons. The maximum absolute atomic E-state index is 11.7. The van der Waals surface area contributed by atoms with Crippen molar-refractivity contribution in [2.75, 3.05) is 27.0 Å². The normalized spacial score (nSPS) is 9.41. The van der Waals surface area contributed by atoms with Crippen LogP contribution in [0.15, 0.2) is 0 Å². The second-order valence-electron chi connectivity index (χ2n) is 3.28. The molecular weight excluding hydrogens is 244 g/mol. The Labute approximate surface area is 105 Å². The minimum atomic E-state index is -0.697. The fourth-order valence-electron chi connectivity index (χ4n) is 0.862. The number of amides is 4. The van der Waals surface area contributed by atoms with E-state index in [1.165, 1.54) is 19.0 Å². The van der Waals surface area contributed by atoms with Gasteiger partial charge in [0.1, 0.15) is 0 Å². The Morgan fingerprint density at radius 2 is 2.00 bits per heavy atom. The third kappa shape index (κ3) is 4.94. The molecule has 0 radical (unpaired) electrons. The molecule has 0 spiro atoms. The molecule has 0 atom stereocenters. The number of carbonyl (C=O) groups excluding carboxylic acids is 2. The average molecular weight is 262 g/mol. The summed E-state index contributed by atoms with van der Waals surface area (Å²) in [4.78, 5) is 25.2. The number of imide groups is 1. The van der Waals surface area contributed by atoms with E-state index in [0.717, 1.165) is 11.9 Å².